The topological polar surface area (TPSA) is 49.4 Å². The number of hydrogen-bond donors (Lipinski definition) is 1. The number of rotatable bonds is 9. The predicted octanol–water partition coefficient (Wildman–Crippen LogP) is 5.47. The van der Waals surface area contributed by atoms with Crippen molar-refractivity contribution in [3.05, 3.63) is 102 Å². The number of halogens is 1. The summed E-state index contributed by atoms with van der Waals surface area (Å²) < 4.78 is 13.5. The molecule has 3 rings (SSSR count). The molecule has 1 N–H and O–H groups in total. The van der Waals surface area contributed by atoms with Crippen LogP contribution in [0.3, 0.4) is 0 Å². The molecule has 3 aromatic rings. The number of hydrogen-bond acceptors (Lipinski definition) is 3. The summed E-state index contributed by atoms with van der Waals surface area (Å²) in [6.45, 7) is 5.97. The number of carbonyl (C=O) groups excluding carboxylic acids is 2. The van der Waals surface area contributed by atoms with Gasteiger partial charge < -0.3 is 10.2 Å². The lowest BCUT2D eigenvalue weighted by Gasteiger charge is -2.34. The summed E-state index contributed by atoms with van der Waals surface area (Å²) in [4.78, 5) is 29.6. The summed E-state index contributed by atoms with van der Waals surface area (Å²) in [6, 6.07) is 24.7. The van der Waals surface area contributed by atoms with Crippen LogP contribution in [-0.4, -0.2) is 34.0 Å². The summed E-state index contributed by atoms with van der Waals surface area (Å²) in [5.41, 5.74) is 1.28. The predicted molar refractivity (Wildman–Crippen MR) is 136 cm³/mol. The molecule has 6 heteroatoms. The molecule has 0 radical (unpaired) electrons. The molecule has 0 aliphatic heterocycles. The van der Waals surface area contributed by atoms with Gasteiger partial charge in [0.1, 0.15) is 11.9 Å². The van der Waals surface area contributed by atoms with Gasteiger partial charge in [0.15, 0.2) is 0 Å². The number of benzene rings is 3. The molecule has 0 heterocycles. The molecule has 178 valence electrons. The SMILES string of the molecule is CC(C)(C)NC(=O)[C@@H](Cc1ccccc1)N(Cc1ccc(F)cc1)C(=O)CSc1ccccc1. The molecule has 0 bridgehead atoms. The summed E-state index contributed by atoms with van der Waals surface area (Å²) in [5.74, 6) is -0.508. The van der Waals surface area contributed by atoms with Crippen LogP contribution in [0.15, 0.2) is 89.8 Å². The summed E-state index contributed by atoms with van der Waals surface area (Å²) in [5, 5.41) is 3.04. The maximum absolute atomic E-state index is 13.5. The first kappa shape index (κ1) is 25.5. The third-order valence-electron chi connectivity index (χ3n) is 5.14. The van der Waals surface area contributed by atoms with Crippen molar-refractivity contribution in [2.75, 3.05) is 5.75 Å². The van der Waals surface area contributed by atoms with Crippen molar-refractivity contribution in [3.63, 3.8) is 0 Å². The van der Waals surface area contributed by atoms with Gasteiger partial charge in [0.25, 0.3) is 0 Å². The molecular weight excluding hydrogens is 447 g/mol. The van der Waals surface area contributed by atoms with E-state index in [0.29, 0.717) is 6.42 Å². The molecule has 34 heavy (non-hydrogen) atoms. The van der Waals surface area contributed by atoms with E-state index in [0.717, 1.165) is 16.0 Å². The highest BCUT2D eigenvalue weighted by Crippen LogP contribution is 2.21. The van der Waals surface area contributed by atoms with Crippen LogP contribution in [0.5, 0.6) is 0 Å². The van der Waals surface area contributed by atoms with Gasteiger partial charge in [-0.05, 0) is 56.2 Å². The van der Waals surface area contributed by atoms with Crippen LogP contribution >= 0.6 is 11.8 Å². The van der Waals surface area contributed by atoms with Crippen LogP contribution in [0.1, 0.15) is 31.9 Å². The second kappa shape index (κ2) is 11.8. The Labute approximate surface area is 205 Å². The molecule has 0 fully saturated rings. The molecule has 1 atom stereocenters. The standard InChI is InChI=1S/C28H31FN2O2S/c1-28(2,3)30-27(33)25(18-21-10-6-4-7-11-21)31(19-22-14-16-23(29)17-15-22)26(32)20-34-24-12-8-5-9-13-24/h4-17,25H,18-20H2,1-3H3,(H,30,33)/t25-/m1/s1. The average molecular weight is 479 g/mol. The molecule has 4 nitrogen and oxygen atoms in total. The minimum Gasteiger partial charge on any atom is -0.350 e. The van der Waals surface area contributed by atoms with E-state index in [1.165, 1.54) is 23.9 Å². The van der Waals surface area contributed by atoms with Crippen molar-refractivity contribution < 1.29 is 14.0 Å². The van der Waals surface area contributed by atoms with Gasteiger partial charge in [-0.3, -0.25) is 9.59 Å². The van der Waals surface area contributed by atoms with Crippen LogP contribution in [0.25, 0.3) is 0 Å². The summed E-state index contributed by atoms with van der Waals surface area (Å²) >= 11 is 1.44. The van der Waals surface area contributed by atoms with Crippen molar-refractivity contribution in [2.45, 2.75) is 50.2 Å². The van der Waals surface area contributed by atoms with Gasteiger partial charge in [-0.2, -0.15) is 0 Å². The van der Waals surface area contributed by atoms with Crippen molar-refractivity contribution in [1.82, 2.24) is 10.2 Å². The van der Waals surface area contributed by atoms with Gasteiger partial charge in [-0.15, -0.1) is 11.8 Å². The highest BCUT2D eigenvalue weighted by atomic mass is 32.2. The molecule has 3 aromatic carbocycles. The van der Waals surface area contributed by atoms with E-state index in [-0.39, 0.29) is 29.9 Å². The van der Waals surface area contributed by atoms with Crippen molar-refractivity contribution in [1.29, 1.82) is 0 Å². The first-order chi connectivity index (χ1) is 16.2. The lowest BCUT2D eigenvalue weighted by molar-refractivity contribution is -0.140. The van der Waals surface area contributed by atoms with Crippen molar-refractivity contribution >= 4 is 23.6 Å². The fourth-order valence-electron chi connectivity index (χ4n) is 3.54. The van der Waals surface area contributed by atoms with Crippen LogP contribution in [0.2, 0.25) is 0 Å². The van der Waals surface area contributed by atoms with E-state index in [4.69, 9.17) is 0 Å². The Morgan fingerprint density at radius 1 is 0.882 bits per heavy atom. The number of nitrogens with zero attached hydrogens (tertiary/aromatic N) is 1. The Morgan fingerprint density at radius 3 is 2.06 bits per heavy atom. The van der Waals surface area contributed by atoms with Crippen molar-refractivity contribution in [2.24, 2.45) is 0 Å². The van der Waals surface area contributed by atoms with E-state index < -0.39 is 11.6 Å². The fraction of sp³-hybridized carbons (Fsp3) is 0.286. The monoisotopic (exact) mass is 478 g/mol. The smallest absolute Gasteiger partial charge is 0.243 e. The number of nitrogens with one attached hydrogen (secondary N) is 1. The third-order valence-corrected chi connectivity index (χ3v) is 6.14. The zero-order valence-corrected chi connectivity index (χ0v) is 20.6. The van der Waals surface area contributed by atoms with E-state index in [1.807, 2.05) is 81.4 Å². The molecule has 0 aromatic heterocycles. The van der Waals surface area contributed by atoms with E-state index in [1.54, 1.807) is 17.0 Å². The molecule has 0 aliphatic carbocycles. The van der Waals surface area contributed by atoms with E-state index >= 15 is 0 Å². The Bertz CT molecular complexity index is 1070. The Kier molecular flexibility index (Phi) is 8.88. The second-order valence-electron chi connectivity index (χ2n) is 9.19. The molecule has 0 saturated heterocycles. The molecule has 0 spiro atoms. The lowest BCUT2D eigenvalue weighted by atomic mass is 10.0. The van der Waals surface area contributed by atoms with Crippen LogP contribution < -0.4 is 5.32 Å². The van der Waals surface area contributed by atoms with Crippen molar-refractivity contribution in [3.8, 4) is 0 Å². The highest BCUT2D eigenvalue weighted by Gasteiger charge is 2.32. The maximum atomic E-state index is 13.5. The summed E-state index contributed by atoms with van der Waals surface area (Å²) in [7, 11) is 0. The van der Waals surface area contributed by atoms with Gasteiger partial charge in [0.2, 0.25) is 11.8 Å². The maximum Gasteiger partial charge on any atom is 0.243 e. The minimum absolute atomic E-state index is 0.150. The lowest BCUT2D eigenvalue weighted by Crippen LogP contribution is -2.54. The molecular formula is C28H31FN2O2S. The number of amides is 2. The Hall–Kier alpha value is -3.12. The van der Waals surface area contributed by atoms with Crippen LogP contribution in [-0.2, 0) is 22.6 Å². The molecule has 0 saturated carbocycles. The van der Waals surface area contributed by atoms with Crippen LogP contribution in [0.4, 0.5) is 4.39 Å². The fourth-order valence-corrected chi connectivity index (χ4v) is 4.34. The van der Waals surface area contributed by atoms with E-state index in [2.05, 4.69) is 5.32 Å². The number of carbonyl (C=O) groups is 2. The van der Waals surface area contributed by atoms with Gasteiger partial charge in [0.05, 0.1) is 5.75 Å². The first-order valence-electron chi connectivity index (χ1n) is 11.3. The zero-order valence-electron chi connectivity index (χ0n) is 19.8. The number of thioether (sulfide) groups is 1. The average Bonchev–Trinajstić information content (AvgIpc) is 2.81. The van der Waals surface area contributed by atoms with Crippen LogP contribution in [0, 0.1) is 5.82 Å². The zero-order chi connectivity index (χ0) is 24.6. The Morgan fingerprint density at radius 2 is 1.47 bits per heavy atom. The van der Waals surface area contributed by atoms with Gasteiger partial charge in [0, 0.05) is 23.4 Å². The summed E-state index contributed by atoms with van der Waals surface area (Å²) in [6.07, 6.45) is 0.381. The largest absolute Gasteiger partial charge is 0.350 e. The van der Waals surface area contributed by atoms with Gasteiger partial charge in [-0.25, -0.2) is 4.39 Å². The minimum atomic E-state index is -0.712. The highest BCUT2D eigenvalue weighted by molar-refractivity contribution is 8.00. The van der Waals surface area contributed by atoms with E-state index in [9.17, 15) is 14.0 Å². The molecule has 2 amide bonds. The van der Waals surface area contributed by atoms with Gasteiger partial charge >= 0.3 is 0 Å². The molecule has 0 unspecified atom stereocenters. The second-order valence-corrected chi connectivity index (χ2v) is 10.2. The quantitative estimate of drug-likeness (QED) is 0.415. The van der Waals surface area contributed by atoms with Gasteiger partial charge in [-0.1, -0.05) is 60.7 Å². The third kappa shape index (κ3) is 8.03. The first-order valence-corrected chi connectivity index (χ1v) is 12.3. The normalized spacial score (nSPS) is 12.1. The molecule has 0 aliphatic rings. The Balaban J connectivity index is 1.91.